The van der Waals surface area contributed by atoms with Crippen LogP contribution in [0, 0.1) is 0 Å². The molecule has 22 heavy (non-hydrogen) atoms. The topological polar surface area (TPSA) is 83.4 Å². The SMILES string of the molecule is CN1CCN(c2nc(=O)ccn2[C@@H]2O[C@H](CO)[C@@H]3O[C@@H]32)CC1. The molecule has 0 aliphatic carbocycles. The van der Waals surface area contributed by atoms with Gasteiger partial charge in [-0.25, -0.2) is 0 Å². The van der Waals surface area contributed by atoms with Crippen molar-refractivity contribution in [2.45, 2.75) is 24.5 Å². The molecule has 0 bridgehead atoms. The van der Waals surface area contributed by atoms with Gasteiger partial charge in [-0.1, -0.05) is 0 Å². The zero-order valence-corrected chi connectivity index (χ0v) is 12.5. The normalized spacial score (nSPS) is 34.7. The van der Waals surface area contributed by atoms with Crippen molar-refractivity contribution in [3.63, 3.8) is 0 Å². The van der Waals surface area contributed by atoms with Crippen LogP contribution in [0.25, 0.3) is 0 Å². The maximum absolute atomic E-state index is 11.7. The molecule has 1 aromatic rings. The monoisotopic (exact) mass is 308 g/mol. The summed E-state index contributed by atoms with van der Waals surface area (Å²) in [6.07, 6.45) is 0.980. The lowest BCUT2D eigenvalue weighted by Crippen LogP contribution is -2.46. The molecule has 8 heteroatoms. The molecule has 3 saturated heterocycles. The standard InChI is InChI=1S/C14H20N4O4/c1-16-4-6-17(7-5-16)14-15-10(20)2-3-18(14)13-12-11(22-12)9(8-19)21-13/h2-3,9,11-13,19H,4-8H2,1H3/t9-,11+,12+,13-/m1/s1. The van der Waals surface area contributed by atoms with Gasteiger partial charge in [0.1, 0.15) is 18.3 Å². The average molecular weight is 308 g/mol. The van der Waals surface area contributed by atoms with Crippen molar-refractivity contribution < 1.29 is 14.6 Å². The van der Waals surface area contributed by atoms with E-state index < -0.39 is 0 Å². The third-order valence-electron chi connectivity index (χ3n) is 4.58. The number of aliphatic hydroxyl groups excluding tert-OH is 1. The first kappa shape index (κ1) is 14.1. The average Bonchev–Trinajstić information content (AvgIpc) is 3.23. The van der Waals surface area contributed by atoms with Gasteiger partial charge < -0.3 is 24.4 Å². The number of hydrogen-bond donors (Lipinski definition) is 1. The highest BCUT2D eigenvalue weighted by Gasteiger charge is 2.59. The Morgan fingerprint density at radius 1 is 1.27 bits per heavy atom. The van der Waals surface area contributed by atoms with Crippen LogP contribution in [0.2, 0.25) is 0 Å². The number of aliphatic hydroxyl groups is 1. The second-order valence-electron chi connectivity index (χ2n) is 6.08. The molecule has 1 N–H and O–H groups in total. The van der Waals surface area contributed by atoms with Crippen LogP contribution in [0.5, 0.6) is 0 Å². The van der Waals surface area contributed by atoms with Crippen LogP contribution >= 0.6 is 0 Å². The quantitative estimate of drug-likeness (QED) is 0.691. The molecule has 4 heterocycles. The number of anilines is 1. The second kappa shape index (κ2) is 5.31. The molecule has 0 saturated carbocycles. The molecule has 120 valence electrons. The van der Waals surface area contributed by atoms with Gasteiger partial charge in [-0.15, -0.1) is 0 Å². The van der Waals surface area contributed by atoms with Crippen molar-refractivity contribution in [3.8, 4) is 0 Å². The fourth-order valence-corrected chi connectivity index (χ4v) is 3.21. The van der Waals surface area contributed by atoms with Crippen LogP contribution < -0.4 is 10.5 Å². The zero-order chi connectivity index (χ0) is 15.3. The molecule has 4 rings (SSSR count). The Kier molecular flexibility index (Phi) is 3.41. The molecule has 3 aliphatic heterocycles. The zero-order valence-electron chi connectivity index (χ0n) is 12.5. The highest BCUT2D eigenvalue weighted by molar-refractivity contribution is 5.32. The lowest BCUT2D eigenvalue weighted by molar-refractivity contribution is -0.0837. The Balaban J connectivity index is 1.64. The minimum Gasteiger partial charge on any atom is -0.394 e. The molecule has 4 atom stereocenters. The van der Waals surface area contributed by atoms with Gasteiger partial charge >= 0.3 is 0 Å². The summed E-state index contributed by atoms with van der Waals surface area (Å²) in [4.78, 5) is 20.2. The predicted molar refractivity (Wildman–Crippen MR) is 77.9 cm³/mol. The summed E-state index contributed by atoms with van der Waals surface area (Å²) in [7, 11) is 2.08. The Hall–Kier alpha value is -1.48. The predicted octanol–water partition coefficient (Wildman–Crippen LogP) is -1.35. The van der Waals surface area contributed by atoms with Gasteiger partial charge in [0.25, 0.3) is 5.56 Å². The van der Waals surface area contributed by atoms with E-state index in [1.807, 2.05) is 4.57 Å². The van der Waals surface area contributed by atoms with E-state index in [0.717, 1.165) is 26.2 Å². The van der Waals surface area contributed by atoms with E-state index in [4.69, 9.17) is 9.47 Å². The van der Waals surface area contributed by atoms with E-state index in [1.165, 1.54) is 6.07 Å². The molecular weight excluding hydrogens is 288 g/mol. The highest BCUT2D eigenvalue weighted by atomic mass is 16.7. The number of nitrogens with zero attached hydrogens (tertiary/aromatic N) is 4. The van der Waals surface area contributed by atoms with Gasteiger partial charge in [-0.3, -0.25) is 9.36 Å². The summed E-state index contributed by atoms with van der Waals surface area (Å²) in [5.74, 6) is 0.624. The van der Waals surface area contributed by atoms with Crippen LogP contribution in [0.1, 0.15) is 6.23 Å². The van der Waals surface area contributed by atoms with Crippen molar-refractivity contribution >= 4 is 5.95 Å². The van der Waals surface area contributed by atoms with Gasteiger partial charge in [-0.2, -0.15) is 4.98 Å². The first-order valence-electron chi connectivity index (χ1n) is 7.62. The van der Waals surface area contributed by atoms with Gasteiger partial charge in [0, 0.05) is 38.4 Å². The van der Waals surface area contributed by atoms with Crippen molar-refractivity contribution in [1.29, 1.82) is 0 Å². The maximum atomic E-state index is 11.7. The number of piperazine rings is 1. The van der Waals surface area contributed by atoms with E-state index in [-0.39, 0.29) is 36.7 Å². The number of aromatic nitrogens is 2. The molecule has 0 aromatic carbocycles. The minimum atomic E-state index is -0.329. The molecule has 8 nitrogen and oxygen atoms in total. The summed E-state index contributed by atoms with van der Waals surface area (Å²) in [5, 5.41) is 9.32. The smallest absolute Gasteiger partial charge is 0.274 e. The Labute approximate surface area is 127 Å². The molecule has 3 fully saturated rings. The summed E-state index contributed by atoms with van der Waals surface area (Å²) < 4.78 is 13.3. The Morgan fingerprint density at radius 3 is 2.73 bits per heavy atom. The van der Waals surface area contributed by atoms with Gasteiger partial charge in [0.2, 0.25) is 5.95 Å². The molecule has 0 radical (unpaired) electrons. The fourth-order valence-electron chi connectivity index (χ4n) is 3.21. The third kappa shape index (κ3) is 2.32. The molecular formula is C14H20N4O4. The first-order chi connectivity index (χ1) is 10.7. The van der Waals surface area contributed by atoms with Crippen molar-refractivity contribution in [2.75, 3.05) is 44.7 Å². The number of rotatable bonds is 3. The Morgan fingerprint density at radius 2 is 2.05 bits per heavy atom. The van der Waals surface area contributed by atoms with Gasteiger partial charge in [-0.05, 0) is 7.05 Å². The van der Waals surface area contributed by atoms with E-state index in [1.54, 1.807) is 6.20 Å². The largest absolute Gasteiger partial charge is 0.394 e. The van der Waals surface area contributed by atoms with E-state index in [2.05, 4.69) is 21.8 Å². The lowest BCUT2D eigenvalue weighted by Gasteiger charge is -2.35. The molecule has 3 aliphatic rings. The first-order valence-corrected chi connectivity index (χ1v) is 7.62. The van der Waals surface area contributed by atoms with Crippen LogP contribution in [-0.2, 0) is 9.47 Å². The van der Waals surface area contributed by atoms with E-state index in [9.17, 15) is 9.90 Å². The van der Waals surface area contributed by atoms with Crippen LogP contribution in [0.4, 0.5) is 5.95 Å². The number of likely N-dealkylation sites (N-methyl/N-ethyl adjacent to an activating group) is 1. The minimum absolute atomic E-state index is 0.0465. The maximum Gasteiger partial charge on any atom is 0.274 e. The number of hydrogen-bond acceptors (Lipinski definition) is 7. The summed E-state index contributed by atoms with van der Waals surface area (Å²) in [6, 6.07) is 1.44. The van der Waals surface area contributed by atoms with Crippen LogP contribution in [0.3, 0.4) is 0 Å². The molecule has 0 spiro atoms. The van der Waals surface area contributed by atoms with E-state index in [0.29, 0.717) is 5.95 Å². The summed E-state index contributed by atoms with van der Waals surface area (Å²) in [6.45, 7) is 3.43. The lowest BCUT2D eigenvalue weighted by atomic mass is 10.2. The van der Waals surface area contributed by atoms with Gasteiger partial charge in [0.15, 0.2) is 6.23 Å². The molecule has 0 unspecified atom stereocenters. The molecule has 1 aromatic heterocycles. The fraction of sp³-hybridized carbons (Fsp3) is 0.714. The van der Waals surface area contributed by atoms with Crippen LogP contribution in [-0.4, -0.2) is 77.7 Å². The Bertz CT molecular complexity index is 613. The van der Waals surface area contributed by atoms with Gasteiger partial charge in [0.05, 0.1) is 6.61 Å². The van der Waals surface area contributed by atoms with Crippen molar-refractivity contribution in [1.82, 2.24) is 14.5 Å². The second-order valence-corrected chi connectivity index (χ2v) is 6.08. The van der Waals surface area contributed by atoms with Crippen molar-refractivity contribution in [2.24, 2.45) is 0 Å². The summed E-state index contributed by atoms with van der Waals surface area (Å²) >= 11 is 0. The summed E-state index contributed by atoms with van der Waals surface area (Å²) in [5.41, 5.74) is -0.254. The highest BCUT2D eigenvalue weighted by Crippen LogP contribution is 2.45. The number of epoxide rings is 1. The van der Waals surface area contributed by atoms with E-state index >= 15 is 0 Å². The number of fused-ring (bicyclic) bond motifs is 1. The third-order valence-corrected chi connectivity index (χ3v) is 4.58. The molecule has 0 amide bonds. The number of ether oxygens (including phenoxy) is 2. The van der Waals surface area contributed by atoms with Crippen LogP contribution in [0.15, 0.2) is 17.1 Å². The van der Waals surface area contributed by atoms with Crippen molar-refractivity contribution in [3.05, 3.63) is 22.6 Å².